The second kappa shape index (κ2) is 7.88. The van der Waals surface area contributed by atoms with Crippen LogP contribution in [0, 0.1) is 5.92 Å². The average molecular weight is 418 g/mol. The van der Waals surface area contributed by atoms with E-state index in [1.807, 2.05) is 0 Å². The van der Waals surface area contributed by atoms with E-state index >= 15 is 0 Å². The highest BCUT2D eigenvalue weighted by Crippen LogP contribution is 2.37. The quantitative estimate of drug-likeness (QED) is 0.566. The minimum Gasteiger partial charge on any atom is -0.466 e. The van der Waals surface area contributed by atoms with Crippen LogP contribution in [0.25, 0.3) is 0 Å². The lowest BCUT2D eigenvalue weighted by molar-refractivity contribution is -0.150. The third-order valence-corrected chi connectivity index (χ3v) is 5.16. The van der Waals surface area contributed by atoms with E-state index in [0.29, 0.717) is 16.4 Å². The third-order valence-electron chi connectivity index (χ3n) is 4.91. The van der Waals surface area contributed by atoms with E-state index in [1.165, 1.54) is 0 Å². The molecule has 0 spiro atoms. The molecule has 29 heavy (non-hydrogen) atoms. The molecule has 2 aliphatic rings. The molecule has 9 nitrogen and oxygen atoms in total. The summed E-state index contributed by atoms with van der Waals surface area (Å²) in [5.41, 5.74) is 7.62. The molecule has 2 heterocycles. The fourth-order valence-corrected chi connectivity index (χ4v) is 3.71. The molecule has 0 radical (unpaired) electrons. The first kappa shape index (κ1) is 19.5. The maximum absolute atomic E-state index is 12.8. The number of hydrogen-bond acceptors (Lipinski definition) is 7. The number of nitrogens with zero attached hydrogens (tertiary/aromatic N) is 2. The number of nitrogens with one attached hydrogen (secondary N) is 3. The van der Waals surface area contributed by atoms with Crippen molar-refractivity contribution in [1.82, 2.24) is 15.9 Å². The summed E-state index contributed by atoms with van der Waals surface area (Å²) in [6.45, 7) is 1.90. The number of hydrazine groups is 2. The average Bonchev–Trinajstić information content (AvgIpc) is 3.13. The molecular formula is C19H20ClN5O4. The van der Waals surface area contributed by atoms with Gasteiger partial charge < -0.3 is 10.1 Å². The second-order valence-corrected chi connectivity index (χ2v) is 7.06. The molecule has 1 saturated heterocycles. The zero-order chi connectivity index (χ0) is 20.5. The SMILES string of the molecule is CCOC(=O)C1C(c2ccc(Cl)cc2)NNC1N1C(=O)Nc2ccccc2N1O. The molecule has 4 N–H and O–H groups in total. The molecule has 1 fully saturated rings. The summed E-state index contributed by atoms with van der Waals surface area (Å²) in [6, 6.07) is 12.7. The Balaban J connectivity index is 1.69. The summed E-state index contributed by atoms with van der Waals surface area (Å²) in [6.07, 6.45) is -0.909. The van der Waals surface area contributed by atoms with Gasteiger partial charge in [0.05, 0.1) is 18.3 Å². The second-order valence-electron chi connectivity index (χ2n) is 6.62. The molecule has 0 saturated carbocycles. The zero-order valence-corrected chi connectivity index (χ0v) is 16.3. The Morgan fingerprint density at radius 3 is 2.62 bits per heavy atom. The molecule has 0 bridgehead atoms. The molecule has 152 valence electrons. The maximum atomic E-state index is 12.8. The van der Waals surface area contributed by atoms with Gasteiger partial charge in [0.15, 0.2) is 0 Å². The van der Waals surface area contributed by atoms with Crippen LogP contribution in [0.4, 0.5) is 16.2 Å². The van der Waals surface area contributed by atoms with Crippen molar-refractivity contribution in [3.8, 4) is 0 Å². The van der Waals surface area contributed by atoms with Gasteiger partial charge in [0.25, 0.3) is 0 Å². The van der Waals surface area contributed by atoms with Crippen LogP contribution >= 0.6 is 11.6 Å². The van der Waals surface area contributed by atoms with Gasteiger partial charge in [-0.1, -0.05) is 35.9 Å². The van der Waals surface area contributed by atoms with Crippen LogP contribution in [-0.4, -0.2) is 35.0 Å². The lowest BCUT2D eigenvalue weighted by Crippen LogP contribution is -2.61. The molecule has 2 amide bonds. The Hall–Kier alpha value is -2.85. The van der Waals surface area contributed by atoms with Gasteiger partial charge in [-0.05, 0) is 36.8 Å². The Labute approximate surface area is 172 Å². The van der Waals surface area contributed by atoms with Crippen molar-refractivity contribution in [1.29, 1.82) is 0 Å². The minimum atomic E-state index is -0.909. The molecule has 2 aromatic rings. The largest absolute Gasteiger partial charge is 0.466 e. The molecule has 4 rings (SSSR count). The number of hydrogen-bond donors (Lipinski definition) is 4. The summed E-state index contributed by atoms with van der Waals surface area (Å²) in [7, 11) is 0. The number of esters is 1. The highest BCUT2D eigenvalue weighted by molar-refractivity contribution is 6.30. The van der Waals surface area contributed by atoms with Crippen molar-refractivity contribution in [2.24, 2.45) is 5.92 Å². The Kier molecular flexibility index (Phi) is 5.29. The van der Waals surface area contributed by atoms with E-state index in [-0.39, 0.29) is 6.61 Å². The first-order valence-electron chi connectivity index (χ1n) is 9.12. The normalized spacial score (nSPS) is 23.6. The van der Waals surface area contributed by atoms with Crippen LogP contribution in [0.5, 0.6) is 0 Å². The smallest absolute Gasteiger partial charge is 0.344 e. The van der Waals surface area contributed by atoms with Crippen molar-refractivity contribution in [2.75, 3.05) is 17.1 Å². The van der Waals surface area contributed by atoms with Crippen molar-refractivity contribution in [3.63, 3.8) is 0 Å². The van der Waals surface area contributed by atoms with Gasteiger partial charge in [0.1, 0.15) is 17.8 Å². The predicted molar refractivity (Wildman–Crippen MR) is 106 cm³/mol. The summed E-state index contributed by atoms with van der Waals surface area (Å²) in [4.78, 5) is 25.6. The van der Waals surface area contributed by atoms with Gasteiger partial charge in [-0.2, -0.15) is 10.2 Å². The van der Waals surface area contributed by atoms with E-state index in [1.54, 1.807) is 55.5 Å². The molecular weight excluding hydrogens is 398 g/mol. The van der Waals surface area contributed by atoms with Gasteiger partial charge in [0.2, 0.25) is 0 Å². The molecule has 0 aromatic heterocycles. The molecule has 0 aliphatic carbocycles. The predicted octanol–water partition coefficient (Wildman–Crippen LogP) is 2.65. The monoisotopic (exact) mass is 417 g/mol. The van der Waals surface area contributed by atoms with E-state index < -0.39 is 30.1 Å². The number of carbonyl (C=O) groups excluding carboxylic acids is 2. The molecule has 3 atom stereocenters. The van der Waals surface area contributed by atoms with Gasteiger partial charge >= 0.3 is 12.0 Å². The standard InChI is InChI=1S/C19H20ClN5O4/c1-2-29-18(26)15-16(11-7-9-12(20)10-8-11)22-23-17(15)24-19(27)21-13-5-3-4-6-14(13)25(24)28/h3-10,15-17,22-23,28H,2H2,1H3,(H,21,27). The fourth-order valence-electron chi connectivity index (χ4n) is 3.59. The number of para-hydroxylation sites is 2. The van der Waals surface area contributed by atoms with E-state index in [2.05, 4.69) is 16.2 Å². The number of carbonyl (C=O) groups is 2. The molecule has 3 unspecified atom stereocenters. The Bertz CT molecular complexity index is 925. The van der Waals surface area contributed by atoms with Gasteiger partial charge in [-0.25, -0.2) is 15.6 Å². The Morgan fingerprint density at radius 1 is 1.17 bits per heavy atom. The summed E-state index contributed by atoms with van der Waals surface area (Å²) >= 11 is 5.98. The number of amides is 2. The first-order valence-corrected chi connectivity index (χ1v) is 9.50. The first-order chi connectivity index (χ1) is 14.0. The van der Waals surface area contributed by atoms with Crippen molar-refractivity contribution in [2.45, 2.75) is 19.1 Å². The van der Waals surface area contributed by atoms with E-state index in [0.717, 1.165) is 15.7 Å². The number of anilines is 2. The maximum Gasteiger partial charge on any atom is 0.344 e. The molecule has 2 aliphatic heterocycles. The van der Waals surface area contributed by atoms with Crippen LogP contribution in [0.2, 0.25) is 5.02 Å². The number of halogens is 1. The number of ether oxygens (including phenoxy) is 1. The van der Waals surface area contributed by atoms with Crippen LogP contribution in [0.15, 0.2) is 48.5 Å². The topological polar surface area (TPSA) is 106 Å². The highest BCUT2D eigenvalue weighted by atomic mass is 35.5. The number of fused-ring (bicyclic) bond motifs is 1. The summed E-state index contributed by atoms with van der Waals surface area (Å²) < 4.78 is 5.26. The molecule has 10 heteroatoms. The van der Waals surface area contributed by atoms with E-state index in [4.69, 9.17) is 16.3 Å². The van der Waals surface area contributed by atoms with Crippen LogP contribution in [0.3, 0.4) is 0 Å². The van der Waals surface area contributed by atoms with Gasteiger partial charge in [-0.15, -0.1) is 0 Å². The van der Waals surface area contributed by atoms with Crippen molar-refractivity contribution < 1.29 is 19.5 Å². The van der Waals surface area contributed by atoms with Crippen LogP contribution in [-0.2, 0) is 9.53 Å². The third kappa shape index (κ3) is 3.49. The number of benzene rings is 2. The van der Waals surface area contributed by atoms with Crippen molar-refractivity contribution in [3.05, 3.63) is 59.1 Å². The van der Waals surface area contributed by atoms with E-state index in [9.17, 15) is 14.8 Å². The minimum absolute atomic E-state index is 0.188. The van der Waals surface area contributed by atoms with Gasteiger partial charge in [0, 0.05) is 5.02 Å². The molecule has 2 aromatic carbocycles. The lowest BCUT2D eigenvalue weighted by Gasteiger charge is -2.40. The number of urea groups is 1. The van der Waals surface area contributed by atoms with Crippen molar-refractivity contribution >= 4 is 35.0 Å². The lowest BCUT2D eigenvalue weighted by atomic mass is 9.92. The number of rotatable bonds is 4. The Morgan fingerprint density at radius 2 is 1.90 bits per heavy atom. The fraction of sp³-hybridized carbons (Fsp3) is 0.263. The van der Waals surface area contributed by atoms with Crippen LogP contribution in [0.1, 0.15) is 18.5 Å². The summed E-state index contributed by atoms with van der Waals surface area (Å²) in [5, 5.41) is 15.8. The highest BCUT2D eigenvalue weighted by Gasteiger charge is 2.50. The zero-order valence-electron chi connectivity index (χ0n) is 15.5. The van der Waals surface area contributed by atoms with Gasteiger partial charge in [-0.3, -0.25) is 10.0 Å². The summed E-state index contributed by atoms with van der Waals surface area (Å²) in [5.74, 6) is -1.34. The van der Waals surface area contributed by atoms with Crippen LogP contribution < -0.4 is 21.3 Å².